The van der Waals surface area contributed by atoms with Crippen molar-refractivity contribution in [1.29, 1.82) is 0 Å². The fraction of sp³-hybridized carbons (Fsp3) is 0.857. The Labute approximate surface area is 170 Å². The van der Waals surface area contributed by atoms with Crippen molar-refractivity contribution in [2.24, 2.45) is 5.92 Å². The third-order valence-corrected chi connectivity index (χ3v) is 4.03. The van der Waals surface area contributed by atoms with Crippen molar-refractivity contribution < 1.29 is 76.1 Å². The fourth-order valence-electron chi connectivity index (χ4n) is 2.08. The van der Waals surface area contributed by atoms with Crippen molar-refractivity contribution in [1.82, 2.24) is 5.32 Å². The third kappa shape index (κ3) is 4.62. The number of carbonyl (C=O) groups excluding carboxylic acids is 2. The molecule has 2 unspecified atom stereocenters. The lowest BCUT2D eigenvalue weighted by atomic mass is 9.84. The number of alkyl halides is 13. The number of esters is 1. The van der Waals surface area contributed by atoms with E-state index in [0.29, 0.717) is 7.11 Å². The average molecular weight is 507 g/mol. The lowest BCUT2D eigenvalue weighted by Gasteiger charge is -2.42. The van der Waals surface area contributed by atoms with Crippen LogP contribution in [0.4, 0.5) is 61.9 Å². The highest BCUT2D eigenvalue weighted by Gasteiger charge is 2.91. The van der Waals surface area contributed by atoms with Crippen LogP contribution in [0.5, 0.6) is 0 Å². The first-order chi connectivity index (χ1) is 14.0. The van der Waals surface area contributed by atoms with Gasteiger partial charge >= 0.3 is 47.9 Å². The van der Waals surface area contributed by atoms with Crippen molar-refractivity contribution in [2.45, 2.75) is 55.7 Å². The Morgan fingerprint density at radius 1 is 0.781 bits per heavy atom. The van der Waals surface area contributed by atoms with Gasteiger partial charge in [0.1, 0.15) is 6.04 Å². The van der Waals surface area contributed by atoms with Gasteiger partial charge in [-0.2, -0.15) is 57.1 Å². The number of amides is 1. The van der Waals surface area contributed by atoms with E-state index >= 15 is 0 Å². The highest BCUT2D eigenvalue weighted by molar-refractivity contribution is 5.81. The van der Waals surface area contributed by atoms with Crippen LogP contribution < -0.4 is 5.32 Å². The van der Waals surface area contributed by atoms with Crippen LogP contribution in [0, 0.1) is 5.92 Å². The van der Waals surface area contributed by atoms with Gasteiger partial charge in [-0.3, -0.25) is 0 Å². The fourth-order valence-corrected chi connectivity index (χ4v) is 2.08. The lowest BCUT2D eigenvalue weighted by Crippen LogP contribution is -2.72. The molecule has 5 nitrogen and oxygen atoms in total. The molecule has 0 bridgehead atoms. The van der Waals surface area contributed by atoms with Gasteiger partial charge in [-0.05, 0) is 6.92 Å². The van der Waals surface area contributed by atoms with E-state index in [9.17, 15) is 66.7 Å². The molecule has 1 amide bonds. The predicted octanol–water partition coefficient (Wildman–Crippen LogP) is 4.65. The minimum atomic E-state index is -8.08. The summed E-state index contributed by atoms with van der Waals surface area (Å²) in [6, 6.07) is -3.02. The van der Waals surface area contributed by atoms with Gasteiger partial charge in [-0.25, -0.2) is 9.59 Å². The SMILES string of the molecule is CCOC(=O)C(NC(=O)OC)C(C)C(F)(F)C(F)(F)C(F)(F)C(F)(F)C(F)(F)C(F)(F)F. The number of hydrogen-bond acceptors (Lipinski definition) is 4. The van der Waals surface area contributed by atoms with E-state index in [1.165, 1.54) is 0 Å². The molecule has 1 N–H and O–H groups in total. The Bertz CT molecular complexity index is 693. The second kappa shape index (κ2) is 8.99. The third-order valence-electron chi connectivity index (χ3n) is 4.03. The van der Waals surface area contributed by atoms with Crippen molar-refractivity contribution in [2.75, 3.05) is 13.7 Å². The molecule has 0 aromatic heterocycles. The molecule has 0 aliphatic carbocycles. The smallest absolute Gasteiger partial charge is 0.460 e. The summed E-state index contributed by atoms with van der Waals surface area (Å²) in [6.45, 7) is 0.166. The zero-order chi connectivity index (χ0) is 26.1. The minimum Gasteiger partial charge on any atom is -0.464 e. The summed E-state index contributed by atoms with van der Waals surface area (Å²) < 4.78 is 180. The van der Waals surface area contributed by atoms with Crippen LogP contribution in [0.25, 0.3) is 0 Å². The van der Waals surface area contributed by atoms with Crippen LogP contribution in [-0.4, -0.2) is 67.6 Å². The molecule has 0 saturated carbocycles. The maximum atomic E-state index is 14.2. The second-order valence-corrected chi connectivity index (χ2v) is 6.07. The summed E-state index contributed by atoms with van der Waals surface area (Å²) >= 11 is 0. The quantitative estimate of drug-likeness (QED) is 0.365. The Morgan fingerprint density at radius 3 is 1.53 bits per heavy atom. The van der Waals surface area contributed by atoms with Crippen molar-refractivity contribution in [3.8, 4) is 0 Å². The first-order valence-corrected chi connectivity index (χ1v) is 7.95. The monoisotopic (exact) mass is 507 g/mol. The molecule has 0 fully saturated rings. The molecule has 0 aliphatic heterocycles. The van der Waals surface area contributed by atoms with Gasteiger partial charge in [-0.15, -0.1) is 0 Å². The Kier molecular flexibility index (Phi) is 8.38. The van der Waals surface area contributed by atoms with Crippen LogP contribution in [0.1, 0.15) is 13.8 Å². The summed E-state index contributed by atoms with van der Waals surface area (Å²) in [7, 11) is 0.558. The Hall–Kier alpha value is -2.17. The average Bonchev–Trinajstić information content (AvgIpc) is 2.63. The summed E-state index contributed by atoms with van der Waals surface area (Å²) in [5.41, 5.74) is 0. The number of methoxy groups -OCH3 is 1. The standard InChI is InChI=1S/C14H14F13NO4/c1-4-32-7(29)6(28-8(30)31-3)5(2)9(15,16)10(17,18)11(19,20)12(21,22)13(23,24)14(25,26)27/h5-6H,4H2,1-3H3,(H,28,30). The molecule has 0 radical (unpaired) electrons. The molecule has 2 atom stereocenters. The highest BCUT2D eigenvalue weighted by atomic mass is 19.4. The van der Waals surface area contributed by atoms with E-state index in [-0.39, 0.29) is 6.92 Å². The molecule has 0 aliphatic rings. The van der Waals surface area contributed by atoms with Gasteiger partial charge in [0.15, 0.2) is 0 Å². The molecule has 190 valence electrons. The topological polar surface area (TPSA) is 64.6 Å². The van der Waals surface area contributed by atoms with Crippen molar-refractivity contribution in [3.05, 3.63) is 0 Å². The van der Waals surface area contributed by atoms with E-state index < -0.39 is 66.4 Å². The van der Waals surface area contributed by atoms with Gasteiger partial charge in [0.25, 0.3) is 0 Å². The van der Waals surface area contributed by atoms with Crippen molar-refractivity contribution >= 4 is 12.1 Å². The number of hydrogen-bond donors (Lipinski definition) is 1. The zero-order valence-electron chi connectivity index (χ0n) is 15.9. The van der Waals surface area contributed by atoms with Gasteiger partial charge < -0.3 is 14.8 Å². The maximum absolute atomic E-state index is 14.2. The van der Waals surface area contributed by atoms with Crippen LogP contribution in [0.2, 0.25) is 0 Å². The minimum absolute atomic E-state index is 0.193. The van der Waals surface area contributed by atoms with E-state index in [2.05, 4.69) is 9.47 Å². The molecular weight excluding hydrogens is 493 g/mol. The van der Waals surface area contributed by atoms with Gasteiger partial charge in [0.05, 0.1) is 19.6 Å². The van der Waals surface area contributed by atoms with Crippen LogP contribution in [0.15, 0.2) is 0 Å². The van der Waals surface area contributed by atoms with Gasteiger partial charge in [-0.1, -0.05) is 6.92 Å². The van der Waals surface area contributed by atoms with E-state index in [0.717, 1.165) is 12.2 Å². The number of nitrogens with one attached hydrogen (secondary N) is 1. The Morgan fingerprint density at radius 2 is 1.19 bits per heavy atom. The van der Waals surface area contributed by atoms with Crippen molar-refractivity contribution in [3.63, 3.8) is 0 Å². The van der Waals surface area contributed by atoms with Crippen LogP contribution >= 0.6 is 0 Å². The number of alkyl carbamates (subject to hydrolysis) is 1. The summed E-state index contributed by atoms with van der Waals surface area (Å²) in [6.07, 6.45) is -9.36. The zero-order valence-corrected chi connectivity index (χ0v) is 15.9. The molecule has 0 heterocycles. The van der Waals surface area contributed by atoms with E-state index in [4.69, 9.17) is 0 Å². The Balaban J connectivity index is 6.55. The normalized spacial score (nSPS) is 16.2. The maximum Gasteiger partial charge on any atom is 0.460 e. The van der Waals surface area contributed by atoms with E-state index in [1.54, 1.807) is 0 Å². The molecule has 0 rings (SSSR count). The molecule has 0 saturated heterocycles. The first-order valence-electron chi connectivity index (χ1n) is 7.95. The number of rotatable bonds is 9. The highest BCUT2D eigenvalue weighted by Crippen LogP contribution is 2.61. The van der Waals surface area contributed by atoms with Crippen LogP contribution in [0.3, 0.4) is 0 Å². The number of carbonyl (C=O) groups is 2. The largest absolute Gasteiger partial charge is 0.464 e. The van der Waals surface area contributed by atoms with E-state index in [1.807, 2.05) is 0 Å². The molecule has 0 aromatic carbocycles. The summed E-state index contributed by atoms with van der Waals surface area (Å²) in [5, 5.41) is 1.16. The molecule has 32 heavy (non-hydrogen) atoms. The predicted molar refractivity (Wildman–Crippen MR) is 75.9 cm³/mol. The van der Waals surface area contributed by atoms with Crippen LogP contribution in [-0.2, 0) is 14.3 Å². The second-order valence-electron chi connectivity index (χ2n) is 6.07. The summed E-state index contributed by atoms with van der Waals surface area (Å²) in [4.78, 5) is 22.8. The molecule has 18 heteroatoms. The number of halogens is 13. The molecule has 0 spiro atoms. The number of ether oxygens (including phenoxy) is 2. The molecule has 0 aromatic rings. The van der Waals surface area contributed by atoms with Gasteiger partial charge in [0, 0.05) is 0 Å². The van der Waals surface area contributed by atoms with Gasteiger partial charge in [0.2, 0.25) is 0 Å². The molecular formula is C14H14F13NO4. The lowest BCUT2D eigenvalue weighted by molar-refractivity contribution is -0.443. The summed E-state index contributed by atoms with van der Waals surface area (Å²) in [5.74, 6) is -43.9. The first kappa shape index (κ1) is 29.8.